The van der Waals surface area contributed by atoms with E-state index < -0.39 is 0 Å². The van der Waals surface area contributed by atoms with Crippen LogP contribution in [0.25, 0.3) is 39.4 Å². The van der Waals surface area contributed by atoms with Gasteiger partial charge in [-0.2, -0.15) is 5.10 Å². The summed E-state index contributed by atoms with van der Waals surface area (Å²) in [6, 6.07) is 16.2. The van der Waals surface area contributed by atoms with Crippen molar-refractivity contribution in [1.29, 1.82) is 0 Å². The largest absolute Gasteiger partial charge is 0.368 e. The molecule has 0 aliphatic carbocycles. The Morgan fingerprint density at radius 3 is 2.50 bits per heavy atom. The number of aromatic nitrogens is 4. The summed E-state index contributed by atoms with van der Waals surface area (Å²) in [4.78, 5) is 13.4. The van der Waals surface area contributed by atoms with Gasteiger partial charge in [-0.05, 0) is 68.5 Å². The quantitative estimate of drug-likeness (QED) is 0.188. The Hall–Kier alpha value is -4.88. The predicted octanol–water partition coefficient (Wildman–Crippen LogP) is 6.77. The van der Waals surface area contributed by atoms with E-state index in [0.29, 0.717) is 0 Å². The summed E-state index contributed by atoms with van der Waals surface area (Å²) in [5.41, 5.74) is 11.3. The van der Waals surface area contributed by atoms with Crippen LogP contribution in [0.3, 0.4) is 0 Å². The number of rotatable bonds is 10. The molecule has 4 heterocycles. The summed E-state index contributed by atoms with van der Waals surface area (Å²) >= 11 is 0. The van der Waals surface area contributed by atoms with E-state index >= 15 is 0 Å². The van der Waals surface area contributed by atoms with Crippen LogP contribution < -0.4 is 5.32 Å². The fourth-order valence-electron chi connectivity index (χ4n) is 5.23. The molecule has 1 saturated heterocycles. The van der Waals surface area contributed by atoms with E-state index in [4.69, 9.17) is 4.98 Å². The Labute approximate surface area is 248 Å². The van der Waals surface area contributed by atoms with Crippen LogP contribution in [0.2, 0.25) is 0 Å². The van der Waals surface area contributed by atoms with Crippen molar-refractivity contribution in [3.8, 4) is 11.4 Å². The van der Waals surface area contributed by atoms with E-state index in [-0.39, 0.29) is 0 Å². The molecule has 0 saturated carbocycles. The lowest BCUT2D eigenvalue weighted by Gasteiger charge is -2.35. The lowest BCUT2D eigenvalue weighted by atomic mass is 10.1. The minimum absolute atomic E-state index is 0.788. The molecule has 1 aliphatic heterocycles. The molecule has 7 heteroatoms. The van der Waals surface area contributed by atoms with Crippen molar-refractivity contribution >= 4 is 28.0 Å². The third-order valence-electron chi connectivity index (χ3n) is 7.63. The molecule has 0 radical (unpaired) electrons. The van der Waals surface area contributed by atoms with Gasteiger partial charge in [-0.15, -0.1) is 0 Å². The fraction of sp³-hybridized carbons (Fsp3) is 0.200. The molecule has 1 aromatic carbocycles. The van der Waals surface area contributed by atoms with Gasteiger partial charge in [0.15, 0.2) is 0 Å². The second kappa shape index (κ2) is 12.7. The van der Waals surface area contributed by atoms with Crippen molar-refractivity contribution in [1.82, 2.24) is 35.3 Å². The molecular formula is C35H39N7. The molecule has 4 aromatic rings. The number of hydrogen-bond donors (Lipinski definition) is 3. The Kier molecular flexibility index (Phi) is 8.69. The molecule has 0 unspecified atom stereocenters. The zero-order valence-corrected chi connectivity index (χ0v) is 24.7. The molecule has 5 rings (SSSR count). The highest BCUT2D eigenvalue weighted by atomic mass is 15.3. The average Bonchev–Trinajstić information content (AvgIpc) is 3.61. The van der Waals surface area contributed by atoms with Crippen molar-refractivity contribution in [2.75, 3.05) is 33.2 Å². The number of piperazine rings is 1. The number of H-pyrrole nitrogens is 2. The Morgan fingerprint density at radius 2 is 1.81 bits per heavy atom. The number of allylic oxidation sites excluding steroid dienone is 6. The van der Waals surface area contributed by atoms with Crippen molar-refractivity contribution in [3.05, 3.63) is 127 Å². The monoisotopic (exact) mass is 557 g/mol. The summed E-state index contributed by atoms with van der Waals surface area (Å²) in [6.45, 7) is 20.3. The summed E-state index contributed by atoms with van der Waals surface area (Å²) in [6.07, 6.45) is 9.84. The fourth-order valence-corrected chi connectivity index (χ4v) is 5.23. The van der Waals surface area contributed by atoms with Gasteiger partial charge < -0.3 is 20.1 Å². The number of benzene rings is 1. The van der Waals surface area contributed by atoms with Crippen LogP contribution >= 0.6 is 0 Å². The van der Waals surface area contributed by atoms with Crippen molar-refractivity contribution in [3.63, 3.8) is 0 Å². The van der Waals surface area contributed by atoms with Crippen LogP contribution in [0.5, 0.6) is 0 Å². The topological polar surface area (TPSA) is 75.9 Å². The minimum atomic E-state index is 0.788. The zero-order chi connectivity index (χ0) is 29.6. The molecule has 1 aliphatic rings. The van der Waals surface area contributed by atoms with Crippen molar-refractivity contribution in [2.24, 2.45) is 0 Å². The molecule has 0 bridgehead atoms. The molecule has 3 N–H and O–H groups in total. The molecule has 214 valence electrons. The molecule has 1 fully saturated rings. The van der Waals surface area contributed by atoms with E-state index in [9.17, 15) is 0 Å². The maximum absolute atomic E-state index is 5.07. The lowest BCUT2D eigenvalue weighted by molar-refractivity contribution is 0.207. The van der Waals surface area contributed by atoms with Crippen LogP contribution in [0.15, 0.2) is 104 Å². The van der Waals surface area contributed by atoms with E-state index in [2.05, 4.69) is 76.1 Å². The lowest BCUT2D eigenvalue weighted by Crippen LogP contribution is -2.43. The van der Waals surface area contributed by atoms with Crippen LogP contribution in [0.1, 0.15) is 29.4 Å². The van der Waals surface area contributed by atoms with Gasteiger partial charge in [0.1, 0.15) is 11.2 Å². The number of aryl methyl sites for hydroxylation is 1. The third-order valence-corrected chi connectivity index (χ3v) is 7.63. The third kappa shape index (κ3) is 6.06. The number of nitrogens with one attached hydrogen (secondary N) is 3. The maximum Gasteiger partial charge on any atom is 0.135 e. The summed E-state index contributed by atoms with van der Waals surface area (Å²) in [7, 11) is 2.17. The molecule has 0 amide bonds. The number of fused-ring (bicyclic) bond motifs is 1. The first-order chi connectivity index (χ1) is 20.4. The Morgan fingerprint density at radius 1 is 1.05 bits per heavy atom. The summed E-state index contributed by atoms with van der Waals surface area (Å²) in [5.74, 6) is 0. The number of likely N-dealkylation sites (N-methyl/N-ethyl adjacent to an activating group) is 1. The summed E-state index contributed by atoms with van der Waals surface area (Å²) in [5, 5.41) is 11.2. The standard InChI is InChI=1S/C35H39N7/c1-7-13-33(42-20-18-41(6)19-21-42)29-23-32(37-25(29)5)35-34-31(39-40-35)17-16-30(38-34)26(8-2)22-28(9-3)36-24(4)27-14-11-10-12-15-27/h7-17,22-23,36-37H,1,3-4,18-21H2,2,5-6H3,(H,39,40)/b26-8+,28-22+,33-13+. The van der Waals surface area contributed by atoms with Crippen LogP contribution in [-0.4, -0.2) is 63.2 Å². The molecule has 0 atom stereocenters. The molecule has 3 aromatic heterocycles. The SMILES string of the molecule is C=C/C=C(\c1cc(-c2n[nH]c3ccc(C(/C=C(\C=C)NC(=C)c4ccccc4)=C/C)nc23)[nH]c1C)N1CCN(C)CC1. The number of hydrogen-bond acceptors (Lipinski definition) is 5. The van der Waals surface area contributed by atoms with E-state index in [1.165, 1.54) is 5.70 Å². The minimum Gasteiger partial charge on any atom is -0.368 e. The van der Waals surface area contributed by atoms with Gasteiger partial charge in [-0.1, -0.05) is 62.2 Å². The first-order valence-electron chi connectivity index (χ1n) is 14.3. The molecule has 0 spiro atoms. The van der Waals surface area contributed by atoms with Gasteiger partial charge in [0.2, 0.25) is 0 Å². The first-order valence-corrected chi connectivity index (χ1v) is 14.3. The predicted molar refractivity (Wildman–Crippen MR) is 176 cm³/mol. The first kappa shape index (κ1) is 28.6. The molecule has 7 nitrogen and oxygen atoms in total. The van der Waals surface area contributed by atoms with E-state index in [1.807, 2.05) is 67.6 Å². The zero-order valence-electron chi connectivity index (χ0n) is 24.7. The highest BCUT2D eigenvalue weighted by Crippen LogP contribution is 2.32. The Bertz CT molecular complexity index is 1690. The smallest absolute Gasteiger partial charge is 0.135 e. The second-order valence-corrected chi connectivity index (χ2v) is 10.5. The van der Waals surface area contributed by atoms with Crippen LogP contribution in [-0.2, 0) is 0 Å². The molecule has 42 heavy (non-hydrogen) atoms. The van der Waals surface area contributed by atoms with Gasteiger partial charge in [0.25, 0.3) is 0 Å². The van der Waals surface area contributed by atoms with Gasteiger partial charge >= 0.3 is 0 Å². The Balaban J connectivity index is 1.46. The molecular weight excluding hydrogens is 518 g/mol. The number of nitrogens with zero attached hydrogens (tertiary/aromatic N) is 4. The van der Waals surface area contributed by atoms with E-state index in [1.54, 1.807) is 6.08 Å². The highest BCUT2D eigenvalue weighted by Gasteiger charge is 2.22. The maximum atomic E-state index is 5.07. The number of pyridine rings is 1. The number of aromatic amines is 2. The van der Waals surface area contributed by atoms with Crippen LogP contribution in [0, 0.1) is 6.92 Å². The highest BCUT2D eigenvalue weighted by molar-refractivity contribution is 5.91. The van der Waals surface area contributed by atoms with Gasteiger partial charge in [-0.3, -0.25) is 5.10 Å². The second-order valence-electron chi connectivity index (χ2n) is 10.5. The van der Waals surface area contributed by atoms with Gasteiger partial charge in [0, 0.05) is 54.5 Å². The van der Waals surface area contributed by atoms with Crippen molar-refractivity contribution < 1.29 is 0 Å². The normalized spacial score (nSPS) is 15.2. The summed E-state index contributed by atoms with van der Waals surface area (Å²) < 4.78 is 0. The average molecular weight is 558 g/mol. The van der Waals surface area contributed by atoms with Gasteiger partial charge in [0.05, 0.1) is 16.9 Å². The van der Waals surface area contributed by atoms with E-state index in [0.717, 1.165) is 88.1 Å². The van der Waals surface area contributed by atoms with Gasteiger partial charge in [-0.25, -0.2) is 4.98 Å². The van der Waals surface area contributed by atoms with Crippen molar-refractivity contribution in [2.45, 2.75) is 13.8 Å². The van der Waals surface area contributed by atoms with Crippen LogP contribution in [0.4, 0.5) is 0 Å².